The molecule has 6 nitrogen and oxygen atoms in total. The lowest BCUT2D eigenvalue weighted by molar-refractivity contribution is -0.137. The molecule has 0 bridgehead atoms. The van der Waals surface area contributed by atoms with Gasteiger partial charge in [0.2, 0.25) is 5.88 Å². The van der Waals surface area contributed by atoms with Crippen molar-refractivity contribution < 1.29 is 23.0 Å². The number of guanidine groups is 1. The quantitative estimate of drug-likeness (QED) is 0.481. The van der Waals surface area contributed by atoms with Crippen LogP contribution in [-0.4, -0.2) is 59.8 Å². The lowest BCUT2D eigenvalue weighted by Crippen LogP contribution is -2.40. The summed E-state index contributed by atoms with van der Waals surface area (Å²) in [4.78, 5) is 9.99. The molecule has 1 aliphatic rings. The standard InChI is InChI=1S/C15H21F3N4O2/c1-2-19-14(22-7-5-12(23)10-22)20-6-8-24-13-4-3-11(9-21-13)15(16,17)18/h3-4,9,12,23H,2,5-8,10H2,1H3,(H,19,20)/t12-/m1/s1. The van der Waals surface area contributed by atoms with Crippen molar-refractivity contribution in [1.29, 1.82) is 0 Å². The van der Waals surface area contributed by atoms with Crippen LogP contribution in [-0.2, 0) is 6.18 Å². The Hall–Kier alpha value is -2.03. The summed E-state index contributed by atoms with van der Waals surface area (Å²) < 4.78 is 42.6. The van der Waals surface area contributed by atoms with E-state index in [-0.39, 0.29) is 18.6 Å². The van der Waals surface area contributed by atoms with Crippen LogP contribution in [0.2, 0.25) is 0 Å². The molecule has 9 heteroatoms. The minimum absolute atomic E-state index is 0.125. The van der Waals surface area contributed by atoms with E-state index in [0.717, 1.165) is 18.8 Å². The first-order chi connectivity index (χ1) is 11.4. The fourth-order valence-corrected chi connectivity index (χ4v) is 2.30. The molecule has 0 aliphatic carbocycles. The number of aromatic nitrogens is 1. The van der Waals surface area contributed by atoms with Crippen LogP contribution < -0.4 is 10.1 Å². The first-order valence-electron chi connectivity index (χ1n) is 7.77. The average Bonchev–Trinajstić information content (AvgIpc) is 2.96. The van der Waals surface area contributed by atoms with Gasteiger partial charge in [0, 0.05) is 31.9 Å². The second kappa shape index (κ2) is 8.18. The van der Waals surface area contributed by atoms with Gasteiger partial charge in [-0.05, 0) is 19.4 Å². The molecule has 2 rings (SSSR count). The van der Waals surface area contributed by atoms with E-state index < -0.39 is 11.7 Å². The van der Waals surface area contributed by atoms with Crippen LogP contribution in [0.25, 0.3) is 0 Å². The molecule has 0 aromatic carbocycles. The SMILES string of the molecule is CCNC(=NCCOc1ccc(C(F)(F)F)cn1)N1CC[C@@H](O)C1. The summed E-state index contributed by atoms with van der Waals surface area (Å²) in [5, 5.41) is 12.7. The van der Waals surface area contributed by atoms with E-state index >= 15 is 0 Å². The zero-order valence-corrected chi connectivity index (χ0v) is 13.4. The van der Waals surface area contributed by atoms with Crippen LogP contribution in [0.5, 0.6) is 5.88 Å². The molecule has 1 fully saturated rings. The number of β-amino-alcohol motifs (C(OH)–C–C–N with tert-alkyl or cyclic N) is 1. The van der Waals surface area contributed by atoms with Crippen LogP contribution in [0.4, 0.5) is 13.2 Å². The maximum atomic E-state index is 12.4. The van der Waals surface area contributed by atoms with Crippen molar-refractivity contribution in [2.75, 3.05) is 32.8 Å². The van der Waals surface area contributed by atoms with E-state index in [4.69, 9.17) is 4.74 Å². The Morgan fingerprint density at radius 2 is 2.29 bits per heavy atom. The summed E-state index contributed by atoms with van der Waals surface area (Å²) in [5.74, 6) is 0.817. The van der Waals surface area contributed by atoms with Gasteiger partial charge in [-0.25, -0.2) is 9.98 Å². The number of aliphatic hydroxyl groups excluding tert-OH is 1. The molecular formula is C15H21F3N4O2. The largest absolute Gasteiger partial charge is 0.476 e. The van der Waals surface area contributed by atoms with Gasteiger partial charge in [0.25, 0.3) is 0 Å². The van der Waals surface area contributed by atoms with E-state index in [1.54, 1.807) is 0 Å². The molecule has 0 saturated carbocycles. The second-order valence-electron chi connectivity index (χ2n) is 5.36. The number of ether oxygens (including phenoxy) is 1. The predicted octanol–water partition coefficient (Wildman–Crippen LogP) is 1.51. The van der Waals surface area contributed by atoms with E-state index in [1.165, 1.54) is 6.07 Å². The number of aliphatic imine (C=N–C) groups is 1. The molecule has 1 aromatic heterocycles. The molecule has 2 N–H and O–H groups in total. The topological polar surface area (TPSA) is 70.0 Å². The summed E-state index contributed by atoms with van der Waals surface area (Å²) in [6, 6.07) is 2.12. The molecule has 0 radical (unpaired) electrons. The van der Waals surface area contributed by atoms with E-state index in [0.29, 0.717) is 32.0 Å². The Morgan fingerprint density at radius 1 is 1.50 bits per heavy atom. The molecule has 1 aromatic rings. The monoisotopic (exact) mass is 346 g/mol. The number of likely N-dealkylation sites (tertiary alicyclic amines) is 1. The van der Waals surface area contributed by atoms with Crippen molar-refractivity contribution in [1.82, 2.24) is 15.2 Å². The van der Waals surface area contributed by atoms with Crippen molar-refractivity contribution in [3.8, 4) is 5.88 Å². The molecule has 0 amide bonds. The highest BCUT2D eigenvalue weighted by Crippen LogP contribution is 2.29. The first kappa shape index (κ1) is 18.3. The van der Waals surface area contributed by atoms with Crippen molar-refractivity contribution >= 4 is 5.96 Å². The number of pyridine rings is 1. The number of aliphatic hydroxyl groups is 1. The summed E-state index contributed by atoms with van der Waals surface area (Å²) in [6.45, 7) is 4.44. The summed E-state index contributed by atoms with van der Waals surface area (Å²) in [5.41, 5.74) is -0.810. The van der Waals surface area contributed by atoms with Crippen molar-refractivity contribution in [3.63, 3.8) is 0 Å². The summed E-state index contributed by atoms with van der Waals surface area (Å²) in [7, 11) is 0. The molecule has 24 heavy (non-hydrogen) atoms. The van der Waals surface area contributed by atoms with Gasteiger partial charge >= 0.3 is 6.18 Å². The molecule has 0 spiro atoms. The van der Waals surface area contributed by atoms with E-state index in [1.807, 2.05) is 11.8 Å². The third kappa shape index (κ3) is 5.26. The molecule has 1 aliphatic heterocycles. The Morgan fingerprint density at radius 3 is 2.83 bits per heavy atom. The summed E-state index contributed by atoms with van der Waals surface area (Å²) in [6.07, 6.45) is -3.30. The van der Waals surface area contributed by atoms with Crippen LogP contribution in [0.3, 0.4) is 0 Å². The van der Waals surface area contributed by atoms with Crippen LogP contribution >= 0.6 is 0 Å². The lowest BCUT2D eigenvalue weighted by atomic mass is 10.3. The van der Waals surface area contributed by atoms with Gasteiger partial charge in [-0.3, -0.25) is 0 Å². The average molecular weight is 346 g/mol. The minimum atomic E-state index is -4.41. The Kier molecular flexibility index (Phi) is 6.24. The fraction of sp³-hybridized carbons (Fsp3) is 0.600. The number of rotatable bonds is 5. The number of hydrogen-bond donors (Lipinski definition) is 2. The third-order valence-corrected chi connectivity index (χ3v) is 3.46. The van der Waals surface area contributed by atoms with Crippen LogP contribution in [0.1, 0.15) is 18.9 Å². The van der Waals surface area contributed by atoms with Gasteiger partial charge in [0.15, 0.2) is 5.96 Å². The Labute approximate surface area is 138 Å². The fourth-order valence-electron chi connectivity index (χ4n) is 2.30. The summed E-state index contributed by atoms with van der Waals surface area (Å²) >= 11 is 0. The Balaban J connectivity index is 1.83. The number of nitrogens with zero attached hydrogens (tertiary/aromatic N) is 3. The third-order valence-electron chi connectivity index (χ3n) is 3.46. The van der Waals surface area contributed by atoms with Crippen molar-refractivity contribution in [2.24, 2.45) is 4.99 Å². The van der Waals surface area contributed by atoms with Gasteiger partial charge in [-0.2, -0.15) is 13.2 Å². The minimum Gasteiger partial charge on any atom is -0.476 e. The molecular weight excluding hydrogens is 325 g/mol. The second-order valence-corrected chi connectivity index (χ2v) is 5.36. The van der Waals surface area contributed by atoms with E-state index in [9.17, 15) is 18.3 Å². The van der Waals surface area contributed by atoms with Gasteiger partial charge in [0.05, 0.1) is 18.2 Å². The highest BCUT2D eigenvalue weighted by molar-refractivity contribution is 5.80. The molecule has 134 valence electrons. The zero-order valence-electron chi connectivity index (χ0n) is 13.4. The molecule has 1 atom stereocenters. The van der Waals surface area contributed by atoms with Crippen LogP contribution in [0.15, 0.2) is 23.3 Å². The van der Waals surface area contributed by atoms with Crippen molar-refractivity contribution in [3.05, 3.63) is 23.9 Å². The highest BCUT2D eigenvalue weighted by atomic mass is 19.4. The normalized spacial score (nSPS) is 18.8. The maximum absolute atomic E-state index is 12.4. The number of nitrogens with one attached hydrogen (secondary N) is 1. The number of halogens is 3. The predicted molar refractivity (Wildman–Crippen MR) is 82.9 cm³/mol. The highest BCUT2D eigenvalue weighted by Gasteiger charge is 2.30. The van der Waals surface area contributed by atoms with Crippen LogP contribution in [0, 0.1) is 0 Å². The molecule has 2 heterocycles. The Bertz CT molecular complexity index is 549. The lowest BCUT2D eigenvalue weighted by Gasteiger charge is -2.20. The van der Waals surface area contributed by atoms with Gasteiger partial charge < -0.3 is 20.1 Å². The number of alkyl halides is 3. The smallest absolute Gasteiger partial charge is 0.417 e. The van der Waals surface area contributed by atoms with Gasteiger partial charge in [-0.1, -0.05) is 0 Å². The maximum Gasteiger partial charge on any atom is 0.417 e. The van der Waals surface area contributed by atoms with Crippen molar-refractivity contribution in [2.45, 2.75) is 25.6 Å². The number of hydrogen-bond acceptors (Lipinski definition) is 4. The molecule has 0 unspecified atom stereocenters. The van der Waals surface area contributed by atoms with Gasteiger partial charge in [0.1, 0.15) is 6.61 Å². The molecule has 1 saturated heterocycles. The first-order valence-corrected chi connectivity index (χ1v) is 7.77. The zero-order chi connectivity index (χ0) is 17.6. The van der Waals surface area contributed by atoms with E-state index in [2.05, 4.69) is 15.3 Å². The van der Waals surface area contributed by atoms with Gasteiger partial charge in [-0.15, -0.1) is 0 Å².